The number of thiazole rings is 1. The van der Waals surface area contributed by atoms with Crippen molar-refractivity contribution in [3.05, 3.63) is 23.7 Å². The van der Waals surface area contributed by atoms with Gasteiger partial charge in [-0.2, -0.15) is 0 Å². The van der Waals surface area contributed by atoms with Gasteiger partial charge in [0.05, 0.1) is 21.7 Å². The SMILES string of the molecule is CCC(CCNc1nc(SC)nc(C)c1-c1nc2c(C)nccc2s1)C1CC1. The zero-order valence-electron chi connectivity index (χ0n) is 17.0. The second kappa shape index (κ2) is 8.33. The number of rotatable bonds is 8. The average molecular weight is 414 g/mol. The molecule has 0 bridgehead atoms. The molecule has 3 aromatic heterocycles. The lowest BCUT2D eigenvalue weighted by Crippen LogP contribution is -2.12. The van der Waals surface area contributed by atoms with Crippen LogP contribution in [0.3, 0.4) is 0 Å². The molecule has 1 saturated carbocycles. The maximum absolute atomic E-state index is 4.89. The van der Waals surface area contributed by atoms with Crippen molar-refractivity contribution in [3.63, 3.8) is 0 Å². The summed E-state index contributed by atoms with van der Waals surface area (Å²) in [4.78, 5) is 18.7. The van der Waals surface area contributed by atoms with Crippen LogP contribution in [-0.4, -0.2) is 32.7 Å². The minimum absolute atomic E-state index is 0.803. The second-order valence-electron chi connectivity index (χ2n) is 7.50. The standard InChI is InChI=1S/C21H27N5S2/c1-5-14(15-6-7-15)8-10-23-19-17(12(2)24-21(26-19)27-4)20-25-18-13(3)22-11-9-16(18)28-20/h9,11,14-15H,5-8,10H2,1-4H3,(H,23,24,26). The molecule has 0 aliphatic heterocycles. The third-order valence-corrected chi connectivity index (χ3v) is 7.16. The lowest BCUT2D eigenvalue weighted by atomic mass is 9.97. The first-order chi connectivity index (χ1) is 13.6. The molecular weight excluding hydrogens is 386 g/mol. The van der Waals surface area contributed by atoms with Gasteiger partial charge in [-0.3, -0.25) is 4.98 Å². The summed E-state index contributed by atoms with van der Waals surface area (Å²) < 4.78 is 1.15. The number of hydrogen-bond donors (Lipinski definition) is 1. The summed E-state index contributed by atoms with van der Waals surface area (Å²) in [5, 5.41) is 5.39. The summed E-state index contributed by atoms with van der Waals surface area (Å²) in [6.07, 6.45) is 9.15. The Labute approximate surface area is 174 Å². The number of pyridine rings is 1. The van der Waals surface area contributed by atoms with Gasteiger partial charge < -0.3 is 5.32 Å². The van der Waals surface area contributed by atoms with E-state index < -0.39 is 0 Å². The van der Waals surface area contributed by atoms with Crippen LogP contribution in [0.25, 0.3) is 20.8 Å². The summed E-state index contributed by atoms with van der Waals surface area (Å²) in [6.45, 7) is 7.32. The van der Waals surface area contributed by atoms with E-state index in [0.717, 1.165) is 61.5 Å². The first-order valence-corrected chi connectivity index (χ1v) is 12.0. The topological polar surface area (TPSA) is 63.6 Å². The van der Waals surface area contributed by atoms with Gasteiger partial charge in [0, 0.05) is 12.7 Å². The molecule has 3 aromatic rings. The van der Waals surface area contributed by atoms with Crippen LogP contribution in [0.15, 0.2) is 17.4 Å². The molecule has 0 amide bonds. The van der Waals surface area contributed by atoms with Crippen LogP contribution in [0.2, 0.25) is 0 Å². The summed E-state index contributed by atoms with van der Waals surface area (Å²) in [5.41, 5.74) is 3.93. The van der Waals surface area contributed by atoms with E-state index in [0.29, 0.717) is 0 Å². The molecule has 0 saturated heterocycles. The van der Waals surface area contributed by atoms with Gasteiger partial charge in [0.15, 0.2) is 5.16 Å². The fourth-order valence-electron chi connectivity index (χ4n) is 3.83. The molecule has 3 heterocycles. The molecule has 4 rings (SSSR count). The highest BCUT2D eigenvalue weighted by Gasteiger charge is 2.29. The molecule has 0 aromatic carbocycles. The molecule has 1 N–H and O–H groups in total. The van der Waals surface area contributed by atoms with Crippen molar-refractivity contribution in [1.82, 2.24) is 19.9 Å². The third-order valence-electron chi connectivity index (χ3n) is 5.58. The van der Waals surface area contributed by atoms with Gasteiger partial charge in [0.1, 0.15) is 16.3 Å². The fraction of sp³-hybridized carbons (Fsp3) is 0.524. The Bertz CT molecular complexity index is 980. The molecule has 1 aliphatic rings. The van der Waals surface area contributed by atoms with Crippen molar-refractivity contribution in [2.24, 2.45) is 11.8 Å². The van der Waals surface area contributed by atoms with Crippen LogP contribution in [-0.2, 0) is 0 Å². The van der Waals surface area contributed by atoms with E-state index >= 15 is 0 Å². The summed E-state index contributed by atoms with van der Waals surface area (Å²) in [7, 11) is 0. The number of thioether (sulfide) groups is 1. The van der Waals surface area contributed by atoms with Gasteiger partial charge in [-0.05, 0) is 57.3 Å². The maximum atomic E-state index is 4.89. The molecule has 1 atom stereocenters. The number of fused-ring (bicyclic) bond motifs is 1. The quantitative estimate of drug-likeness (QED) is 0.376. The Hall–Kier alpha value is -1.73. The van der Waals surface area contributed by atoms with Gasteiger partial charge in [0.2, 0.25) is 0 Å². The largest absolute Gasteiger partial charge is 0.369 e. The van der Waals surface area contributed by atoms with Crippen LogP contribution in [0.1, 0.15) is 44.0 Å². The molecule has 1 aliphatic carbocycles. The molecule has 0 radical (unpaired) electrons. The molecule has 28 heavy (non-hydrogen) atoms. The minimum atomic E-state index is 0.803. The number of aromatic nitrogens is 4. The van der Waals surface area contributed by atoms with Crippen molar-refractivity contribution in [1.29, 1.82) is 0 Å². The summed E-state index contributed by atoms with van der Waals surface area (Å²) >= 11 is 3.27. The molecule has 7 heteroatoms. The number of hydrogen-bond acceptors (Lipinski definition) is 7. The van der Waals surface area contributed by atoms with Gasteiger partial charge >= 0.3 is 0 Å². The van der Waals surface area contributed by atoms with E-state index in [4.69, 9.17) is 9.97 Å². The fourth-order valence-corrected chi connectivity index (χ4v) is 5.35. The predicted octanol–water partition coefficient (Wildman–Crippen LogP) is 5.73. The van der Waals surface area contributed by atoms with E-state index in [1.807, 2.05) is 25.4 Å². The van der Waals surface area contributed by atoms with Crippen LogP contribution in [0.5, 0.6) is 0 Å². The van der Waals surface area contributed by atoms with E-state index in [-0.39, 0.29) is 0 Å². The van der Waals surface area contributed by atoms with Gasteiger partial charge in [0.25, 0.3) is 0 Å². The normalized spacial score (nSPS) is 15.1. The Morgan fingerprint density at radius 2 is 2.04 bits per heavy atom. The summed E-state index contributed by atoms with van der Waals surface area (Å²) in [6, 6.07) is 2.03. The van der Waals surface area contributed by atoms with Crippen molar-refractivity contribution in [2.45, 2.75) is 51.6 Å². The molecule has 1 fully saturated rings. The second-order valence-corrected chi connectivity index (χ2v) is 9.31. The number of nitrogens with one attached hydrogen (secondary N) is 1. The summed E-state index contributed by atoms with van der Waals surface area (Å²) in [5.74, 6) is 2.68. The maximum Gasteiger partial charge on any atom is 0.189 e. The Balaban J connectivity index is 1.65. The molecule has 1 unspecified atom stereocenters. The van der Waals surface area contributed by atoms with Crippen molar-refractivity contribution in [2.75, 3.05) is 18.1 Å². The molecule has 5 nitrogen and oxygen atoms in total. The third kappa shape index (κ3) is 4.01. The Kier molecular flexibility index (Phi) is 5.83. The predicted molar refractivity (Wildman–Crippen MR) is 119 cm³/mol. The van der Waals surface area contributed by atoms with Crippen LogP contribution in [0.4, 0.5) is 5.82 Å². The van der Waals surface area contributed by atoms with Crippen LogP contribution < -0.4 is 5.32 Å². The van der Waals surface area contributed by atoms with Crippen LogP contribution in [0, 0.1) is 25.7 Å². The smallest absolute Gasteiger partial charge is 0.189 e. The highest BCUT2D eigenvalue weighted by atomic mass is 32.2. The minimum Gasteiger partial charge on any atom is -0.369 e. The van der Waals surface area contributed by atoms with Crippen molar-refractivity contribution in [3.8, 4) is 10.6 Å². The van der Waals surface area contributed by atoms with Crippen molar-refractivity contribution >= 4 is 39.1 Å². The van der Waals surface area contributed by atoms with Crippen molar-refractivity contribution < 1.29 is 0 Å². The van der Waals surface area contributed by atoms with E-state index in [2.05, 4.69) is 29.1 Å². The number of aryl methyl sites for hydroxylation is 2. The lowest BCUT2D eigenvalue weighted by molar-refractivity contribution is 0.426. The highest BCUT2D eigenvalue weighted by molar-refractivity contribution is 7.98. The first kappa shape index (κ1) is 19.6. The zero-order valence-corrected chi connectivity index (χ0v) is 18.6. The molecule has 148 valence electrons. The Morgan fingerprint density at radius 1 is 1.21 bits per heavy atom. The van der Waals surface area contributed by atoms with E-state index in [9.17, 15) is 0 Å². The van der Waals surface area contributed by atoms with Crippen LogP contribution >= 0.6 is 23.1 Å². The monoisotopic (exact) mass is 413 g/mol. The zero-order chi connectivity index (χ0) is 19.7. The number of anilines is 1. The average Bonchev–Trinajstić information content (AvgIpc) is 3.43. The highest BCUT2D eigenvalue weighted by Crippen LogP contribution is 2.40. The first-order valence-electron chi connectivity index (χ1n) is 9.99. The van der Waals surface area contributed by atoms with Gasteiger partial charge in [-0.15, -0.1) is 11.3 Å². The van der Waals surface area contributed by atoms with Gasteiger partial charge in [-0.25, -0.2) is 15.0 Å². The number of nitrogens with zero attached hydrogens (tertiary/aromatic N) is 4. The Morgan fingerprint density at radius 3 is 2.71 bits per heavy atom. The molecular formula is C21H27N5S2. The lowest BCUT2D eigenvalue weighted by Gasteiger charge is -2.16. The van der Waals surface area contributed by atoms with E-state index in [1.165, 1.54) is 25.7 Å². The molecule has 0 spiro atoms. The van der Waals surface area contributed by atoms with E-state index in [1.54, 1.807) is 23.1 Å². The van der Waals surface area contributed by atoms with Gasteiger partial charge in [-0.1, -0.05) is 25.1 Å².